The van der Waals surface area contributed by atoms with Gasteiger partial charge in [0, 0.05) is 21.7 Å². The second-order valence-corrected chi connectivity index (χ2v) is 13.6. The van der Waals surface area contributed by atoms with E-state index < -0.39 is 0 Å². The largest absolute Gasteiger partial charge is 0.456 e. The lowest BCUT2D eigenvalue weighted by Gasteiger charge is -2.18. The average molecular weight is 663 g/mol. The third kappa shape index (κ3) is 4.38. The average Bonchev–Trinajstić information content (AvgIpc) is 3.81. The van der Waals surface area contributed by atoms with Crippen LogP contribution in [0, 0.1) is 0 Å². The van der Waals surface area contributed by atoms with E-state index in [4.69, 9.17) is 8.83 Å². The van der Waals surface area contributed by atoms with Gasteiger partial charge >= 0.3 is 0 Å². The van der Waals surface area contributed by atoms with E-state index in [0.717, 1.165) is 55.4 Å². The van der Waals surface area contributed by atoms with E-state index in [9.17, 15) is 0 Å². The van der Waals surface area contributed by atoms with Crippen molar-refractivity contribution < 1.29 is 8.83 Å². The Bertz CT molecular complexity index is 3120. The van der Waals surface area contributed by atoms with Crippen LogP contribution in [-0.4, -0.2) is 0 Å². The SMILES string of the molecule is c1ccc(-c2c3ccccc3c(-c3cccc4oc5cc(-c6ccc7oc(-c8cccc9ccccc89)cc7c6)ccc5c34)c3ccccc23)cc1. The molecule has 0 aliphatic carbocycles. The van der Waals surface area contributed by atoms with Crippen LogP contribution >= 0.6 is 0 Å². The standard InChI is InChI=1S/C50H30O2/c1-2-13-32(14-3-1)48-38-17-6-8-19-40(38)49(41-20-9-7-18-39(41)48)43-22-11-23-45-50(43)42-26-24-34(29-47(42)52-45)33-25-27-44-35(28-33)30-46(51-44)37-21-10-15-31-12-4-5-16-36(31)37/h1-30H. The molecule has 2 aromatic heterocycles. The molecule has 0 saturated carbocycles. The Morgan fingerprint density at radius 2 is 0.904 bits per heavy atom. The van der Waals surface area contributed by atoms with Crippen LogP contribution in [0.4, 0.5) is 0 Å². The first-order valence-corrected chi connectivity index (χ1v) is 17.8. The molecule has 0 spiro atoms. The maximum absolute atomic E-state index is 6.67. The number of hydrogen-bond donors (Lipinski definition) is 0. The summed E-state index contributed by atoms with van der Waals surface area (Å²) in [4.78, 5) is 0. The highest BCUT2D eigenvalue weighted by Crippen LogP contribution is 2.47. The highest BCUT2D eigenvalue weighted by molar-refractivity contribution is 6.25. The predicted octanol–water partition coefficient (Wildman–Crippen LogP) is 14.5. The first-order chi connectivity index (χ1) is 25.8. The van der Waals surface area contributed by atoms with Gasteiger partial charge < -0.3 is 8.83 Å². The summed E-state index contributed by atoms with van der Waals surface area (Å²) in [5.41, 5.74) is 10.9. The van der Waals surface area contributed by atoms with Gasteiger partial charge in [-0.15, -0.1) is 0 Å². The Kier molecular flexibility index (Phi) is 6.28. The second kappa shape index (κ2) is 11.3. The van der Waals surface area contributed by atoms with E-state index in [2.05, 4.69) is 182 Å². The molecule has 0 N–H and O–H groups in total. The zero-order valence-corrected chi connectivity index (χ0v) is 28.1. The number of furan rings is 2. The molecule has 0 radical (unpaired) electrons. The van der Waals surface area contributed by atoms with Crippen LogP contribution in [0.3, 0.4) is 0 Å². The van der Waals surface area contributed by atoms with Gasteiger partial charge in [0.05, 0.1) is 0 Å². The molecule has 0 aliphatic rings. The topological polar surface area (TPSA) is 26.3 Å². The lowest BCUT2D eigenvalue weighted by Crippen LogP contribution is -1.91. The van der Waals surface area contributed by atoms with Crippen molar-refractivity contribution >= 4 is 65.2 Å². The number of fused-ring (bicyclic) bond motifs is 7. The van der Waals surface area contributed by atoms with Crippen molar-refractivity contribution in [1.29, 1.82) is 0 Å². The normalized spacial score (nSPS) is 11.8. The third-order valence-electron chi connectivity index (χ3n) is 10.7. The lowest BCUT2D eigenvalue weighted by atomic mass is 9.85. The number of rotatable bonds is 4. The summed E-state index contributed by atoms with van der Waals surface area (Å²) in [6.45, 7) is 0. The summed E-state index contributed by atoms with van der Waals surface area (Å²) < 4.78 is 13.1. The fourth-order valence-corrected chi connectivity index (χ4v) is 8.34. The summed E-state index contributed by atoms with van der Waals surface area (Å²) in [6, 6.07) is 64.9. The molecule has 0 atom stereocenters. The van der Waals surface area contributed by atoms with Gasteiger partial charge in [-0.1, -0.05) is 146 Å². The maximum atomic E-state index is 6.67. The molecule has 0 bridgehead atoms. The Morgan fingerprint density at radius 3 is 1.69 bits per heavy atom. The van der Waals surface area contributed by atoms with Crippen molar-refractivity contribution in [1.82, 2.24) is 0 Å². The third-order valence-corrected chi connectivity index (χ3v) is 10.7. The van der Waals surface area contributed by atoms with Crippen LogP contribution in [0.15, 0.2) is 191 Å². The van der Waals surface area contributed by atoms with Gasteiger partial charge in [0.1, 0.15) is 22.5 Å². The highest BCUT2D eigenvalue weighted by atomic mass is 16.3. The predicted molar refractivity (Wildman–Crippen MR) is 218 cm³/mol. The van der Waals surface area contributed by atoms with Crippen molar-refractivity contribution in [2.24, 2.45) is 0 Å². The van der Waals surface area contributed by atoms with Gasteiger partial charge in [0.25, 0.3) is 0 Å². The van der Waals surface area contributed by atoms with Gasteiger partial charge in [-0.2, -0.15) is 0 Å². The summed E-state index contributed by atoms with van der Waals surface area (Å²) >= 11 is 0. The molecular weight excluding hydrogens is 633 g/mol. The van der Waals surface area contributed by atoms with Crippen LogP contribution in [0.2, 0.25) is 0 Å². The maximum Gasteiger partial charge on any atom is 0.136 e. The van der Waals surface area contributed by atoms with Crippen LogP contribution < -0.4 is 0 Å². The van der Waals surface area contributed by atoms with E-state index >= 15 is 0 Å². The molecule has 0 amide bonds. The zero-order valence-electron chi connectivity index (χ0n) is 28.1. The van der Waals surface area contributed by atoms with Crippen LogP contribution in [0.5, 0.6) is 0 Å². The molecule has 2 nitrogen and oxygen atoms in total. The number of hydrogen-bond acceptors (Lipinski definition) is 2. The van der Waals surface area contributed by atoms with E-state index in [0.29, 0.717) is 0 Å². The first-order valence-electron chi connectivity index (χ1n) is 17.8. The molecule has 242 valence electrons. The minimum Gasteiger partial charge on any atom is -0.456 e. The zero-order chi connectivity index (χ0) is 34.2. The van der Waals surface area contributed by atoms with Crippen molar-refractivity contribution in [2.75, 3.05) is 0 Å². The molecule has 52 heavy (non-hydrogen) atoms. The van der Waals surface area contributed by atoms with E-state index in [1.807, 2.05) is 0 Å². The second-order valence-electron chi connectivity index (χ2n) is 13.6. The Hall–Kier alpha value is -6.90. The van der Waals surface area contributed by atoms with E-state index in [1.54, 1.807) is 0 Å². The molecule has 2 heteroatoms. The first kappa shape index (κ1) is 28.9. The minimum absolute atomic E-state index is 0.873. The fourth-order valence-electron chi connectivity index (χ4n) is 8.34. The van der Waals surface area contributed by atoms with Gasteiger partial charge in [-0.3, -0.25) is 0 Å². The number of benzene rings is 9. The summed E-state index contributed by atoms with van der Waals surface area (Å²) in [5.74, 6) is 0.876. The van der Waals surface area contributed by atoms with Crippen LogP contribution in [0.1, 0.15) is 0 Å². The molecule has 9 aromatic carbocycles. The Labute approximate surface area is 299 Å². The summed E-state index contributed by atoms with van der Waals surface area (Å²) in [6.07, 6.45) is 0. The Balaban J connectivity index is 1.07. The molecule has 11 rings (SSSR count). The molecular formula is C50H30O2. The fraction of sp³-hybridized carbons (Fsp3) is 0. The lowest BCUT2D eigenvalue weighted by molar-refractivity contribution is 0.632. The van der Waals surface area contributed by atoms with Gasteiger partial charge in [-0.05, 0) is 102 Å². The van der Waals surface area contributed by atoms with Gasteiger partial charge in [0.2, 0.25) is 0 Å². The van der Waals surface area contributed by atoms with Crippen molar-refractivity contribution in [3.8, 4) is 44.7 Å². The van der Waals surface area contributed by atoms with Crippen LogP contribution in [0.25, 0.3) is 110 Å². The Morgan fingerprint density at radius 1 is 0.288 bits per heavy atom. The van der Waals surface area contributed by atoms with Crippen molar-refractivity contribution in [2.45, 2.75) is 0 Å². The van der Waals surface area contributed by atoms with E-state index in [-0.39, 0.29) is 0 Å². The van der Waals surface area contributed by atoms with Crippen molar-refractivity contribution in [3.05, 3.63) is 182 Å². The summed E-state index contributed by atoms with van der Waals surface area (Å²) in [5, 5.41) is 10.7. The smallest absolute Gasteiger partial charge is 0.136 e. The van der Waals surface area contributed by atoms with Crippen LogP contribution in [-0.2, 0) is 0 Å². The quantitative estimate of drug-likeness (QED) is 0.175. The van der Waals surface area contributed by atoms with Crippen molar-refractivity contribution in [3.63, 3.8) is 0 Å². The van der Waals surface area contributed by atoms with E-state index in [1.165, 1.54) is 54.6 Å². The van der Waals surface area contributed by atoms with Gasteiger partial charge in [0.15, 0.2) is 0 Å². The van der Waals surface area contributed by atoms with Gasteiger partial charge in [-0.25, -0.2) is 0 Å². The molecule has 11 aromatic rings. The minimum atomic E-state index is 0.873. The highest BCUT2D eigenvalue weighted by Gasteiger charge is 2.20. The molecule has 2 heterocycles. The molecule has 0 aliphatic heterocycles. The molecule has 0 unspecified atom stereocenters. The molecule has 0 fully saturated rings. The summed E-state index contributed by atoms with van der Waals surface area (Å²) in [7, 11) is 0. The molecule has 0 saturated heterocycles. The monoisotopic (exact) mass is 662 g/mol.